The Labute approximate surface area is 113 Å². The molecule has 0 unspecified atom stereocenters. The fourth-order valence-corrected chi connectivity index (χ4v) is 1.75. The zero-order valence-corrected chi connectivity index (χ0v) is 12.1. The van der Waals surface area contributed by atoms with Crippen molar-refractivity contribution < 1.29 is 4.74 Å². The van der Waals surface area contributed by atoms with Crippen molar-refractivity contribution in [3.05, 3.63) is 6.07 Å². The van der Waals surface area contributed by atoms with E-state index in [2.05, 4.69) is 27.5 Å². The van der Waals surface area contributed by atoms with Crippen LogP contribution in [0.15, 0.2) is 11.2 Å². The van der Waals surface area contributed by atoms with Crippen LogP contribution < -0.4 is 10.6 Å². The van der Waals surface area contributed by atoms with Gasteiger partial charge in [-0.1, -0.05) is 18.7 Å². The van der Waals surface area contributed by atoms with E-state index in [0.717, 1.165) is 49.4 Å². The van der Waals surface area contributed by atoms with Gasteiger partial charge in [-0.2, -0.15) is 0 Å². The van der Waals surface area contributed by atoms with Crippen LogP contribution in [-0.2, 0) is 4.74 Å². The number of thioether (sulfide) groups is 1. The molecule has 1 heterocycles. The zero-order chi connectivity index (χ0) is 13.2. The molecule has 0 amide bonds. The molecule has 2 N–H and O–H groups in total. The molecule has 1 aromatic rings. The van der Waals surface area contributed by atoms with Crippen molar-refractivity contribution in [2.45, 2.75) is 24.9 Å². The normalized spacial score (nSPS) is 10.4. The molecule has 5 nitrogen and oxygen atoms in total. The smallest absolute Gasteiger partial charge is 0.191 e. The second-order valence-electron chi connectivity index (χ2n) is 3.77. The lowest BCUT2D eigenvalue weighted by Crippen LogP contribution is -2.08. The van der Waals surface area contributed by atoms with Gasteiger partial charge in [0, 0.05) is 32.9 Å². The first-order chi connectivity index (χ1) is 8.80. The van der Waals surface area contributed by atoms with E-state index in [9.17, 15) is 0 Å². The molecule has 0 fully saturated rings. The molecule has 1 rings (SSSR count). The molecule has 0 aliphatic carbocycles. The van der Waals surface area contributed by atoms with Crippen molar-refractivity contribution >= 4 is 23.4 Å². The average molecular weight is 270 g/mol. The molecule has 0 bridgehead atoms. The molecule has 0 radical (unpaired) electrons. The zero-order valence-electron chi connectivity index (χ0n) is 11.3. The van der Waals surface area contributed by atoms with Gasteiger partial charge in [-0.25, -0.2) is 9.97 Å². The first kappa shape index (κ1) is 15.0. The maximum absolute atomic E-state index is 5.42. The molecular weight excluding hydrogens is 248 g/mol. The summed E-state index contributed by atoms with van der Waals surface area (Å²) >= 11 is 1.54. The SMILES string of the molecule is CCCOCCCNc1cc(NC)nc(SC)n1. The summed E-state index contributed by atoms with van der Waals surface area (Å²) in [6, 6.07) is 1.91. The van der Waals surface area contributed by atoms with E-state index in [1.54, 1.807) is 0 Å². The lowest BCUT2D eigenvalue weighted by molar-refractivity contribution is 0.134. The Morgan fingerprint density at radius 3 is 2.72 bits per heavy atom. The minimum Gasteiger partial charge on any atom is -0.381 e. The lowest BCUT2D eigenvalue weighted by Gasteiger charge is -2.09. The molecular formula is C12H22N4OS. The highest BCUT2D eigenvalue weighted by atomic mass is 32.2. The fraction of sp³-hybridized carbons (Fsp3) is 0.667. The number of hydrogen-bond acceptors (Lipinski definition) is 6. The van der Waals surface area contributed by atoms with Gasteiger partial charge in [0.1, 0.15) is 11.6 Å². The summed E-state index contributed by atoms with van der Waals surface area (Å²) in [6.07, 6.45) is 4.02. The highest BCUT2D eigenvalue weighted by Gasteiger charge is 2.02. The summed E-state index contributed by atoms with van der Waals surface area (Å²) < 4.78 is 5.42. The highest BCUT2D eigenvalue weighted by Crippen LogP contribution is 2.16. The van der Waals surface area contributed by atoms with Crippen LogP contribution in [0.2, 0.25) is 0 Å². The van der Waals surface area contributed by atoms with E-state index in [-0.39, 0.29) is 0 Å². The first-order valence-electron chi connectivity index (χ1n) is 6.22. The van der Waals surface area contributed by atoms with Gasteiger partial charge in [0.2, 0.25) is 0 Å². The molecule has 0 spiro atoms. The maximum atomic E-state index is 5.42. The Kier molecular flexibility index (Phi) is 7.52. The van der Waals surface area contributed by atoms with Crippen LogP contribution in [0.25, 0.3) is 0 Å². The number of aromatic nitrogens is 2. The van der Waals surface area contributed by atoms with E-state index >= 15 is 0 Å². The van der Waals surface area contributed by atoms with Crippen molar-refractivity contribution in [2.75, 3.05) is 43.7 Å². The molecule has 18 heavy (non-hydrogen) atoms. The molecule has 0 aliphatic rings. The van der Waals surface area contributed by atoms with E-state index in [1.807, 2.05) is 19.4 Å². The third-order valence-electron chi connectivity index (χ3n) is 2.26. The van der Waals surface area contributed by atoms with Crippen molar-refractivity contribution in [1.29, 1.82) is 0 Å². The van der Waals surface area contributed by atoms with E-state index in [4.69, 9.17) is 4.74 Å². The van der Waals surface area contributed by atoms with Crippen LogP contribution in [0.3, 0.4) is 0 Å². The molecule has 1 aromatic heterocycles. The number of anilines is 2. The van der Waals surface area contributed by atoms with Gasteiger partial charge in [-0.05, 0) is 19.1 Å². The van der Waals surface area contributed by atoms with Crippen molar-refractivity contribution in [3.63, 3.8) is 0 Å². The Bertz CT molecular complexity index is 327. The summed E-state index contributed by atoms with van der Waals surface area (Å²) in [5.41, 5.74) is 0. The van der Waals surface area contributed by atoms with Crippen LogP contribution in [0.1, 0.15) is 19.8 Å². The second-order valence-corrected chi connectivity index (χ2v) is 4.54. The summed E-state index contributed by atoms with van der Waals surface area (Å²) in [7, 11) is 1.86. The molecule has 0 atom stereocenters. The quantitative estimate of drug-likeness (QED) is 0.408. The monoisotopic (exact) mass is 270 g/mol. The van der Waals surface area contributed by atoms with Gasteiger partial charge in [-0.15, -0.1) is 0 Å². The second kappa shape index (κ2) is 8.99. The third kappa shape index (κ3) is 5.55. The Morgan fingerprint density at radius 2 is 2.06 bits per heavy atom. The number of hydrogen-bond donors (Lipinski definition) is 2. The largest absolute Gasteiger partial charge is 0.381 e. The van der Waals surface area contributed by atoms with E-state index in [1.165, 1.54) is 11.8 Å². The van der Waals surface area contributed by atoms with Gasteiger partial charge < -0.3 is 15.4 Å². The fourth-order valence-electron chi connectivity index (χ4n) is 1.37. The molecule has 0 saturated carbocycles. The molecule has 0 saturated heterocycles. The van der Waals surface area contributed by atoms with Crippen molar-refractivity contribution in [1.82, 2.24) is 9.97 Å². The predicted molar refractivity (Wildman–Crippen MR) is 77.6 cm³/mol. The van der Waals surface area contributed by atoms with Crippen LogP contribution in [0.4, 0.5) is 11.6 Å². The number of rotatable bonds is 9. The van der Waals surface area contributed by atoms with Crippen LogP contribution in [0.5, 0.6) is 0 Å². The molecule has 6 heteroatoms. The first-order valence-corrected chi connectivity index (χ1v) is 7.45. The Hall–Kier alpha value is -1.01. The van der Waals surface area contributed by atoms with Gasteiger partial charge in [0.05, 0.1) is 0 Å². The minimum atomic E-state index is 0.770. The Balaban J connectivity index is 2.36. The topological polar surface area (TPSA) is 59.1 Å². The Morgan fingerprint density at radius 1 is 1.28 bits per heavy atom. The van der Waals surface area contributed by atoms with E-state index < -0.39 is 0 Å². The molecule has 0 aromatic carbocycles. The highest BCUT2D eigenvalue weighted by molar-refractivity contribution is 7.98. The number of nitrogens with zero attached hydrogens (tertiary/aromatic N) is 2. The van der Waals surface area contributed by atoms with Crippen LogP contribution in [0, 0.1) is 0 Å². The predicted octanol–water partition coefficient (Wildman–Crippen LogP) is 2.47. The summed E-state index contributed by atoms with van der Waals surface area (Å²) in [6.45, 7) is 4.61. The van der Waals surface area contributed by atoms with Gasteiger partial charge in [0.25, 0.3) is 0 Å². The van der Waals surface area contributed by atoms with Crippen molar-refractivity contribution in [2.24, 2.45) is 0 Å². The lowest BCUT2D eigenvalue weighted by atomic mass is 10.4. The number of nitrogens with one attached hydrogen (secondary N) is 2. The van der Waals surface area contributed by atoms with Gasteiger partial charge in [-0.3, -0.25) is 0 Å². The molecule has 102 valence electrons. The maximum Gasteiger partial charge on any atom is 0.191 e. The average Bonchev–Trinajstić information content (AvgIpc) is 2.42. The van der Waals surface area contributed by atoms with Gasteiger partial charge >= 0.3 is 0 Å². The summed E-state index contributed by atoms with van der Waals surface area (Å²) in [4.78, 5) is 8.71. The number of ether oxygens (including phenoxy) is 1. The van der Waals surface area contributed by atoms with Crippen LogP contribution >= 0.6 is 11.8 Å². The molecule has 0 aliphatic heterocycles. The van der Waals surface area contributed by atoms with Crippen molar-refractivity contribution in [3.8, 4) is 0 Å². The summed E-state index contributed by atoms with van der Waals surface area (Å²) in [5.74, 6) is 1.69. The van der Waals surface area contributed by atoms with Gasteiger partial charge in [0.15, 0.2) is 5.16 Å². The minimum absolute atomic E-state index is 0.770. The summed E-state index contributed by atoms with van der Waals surface area (Å²) in [5, 5.41) is 7.09. The van der Waals surface area contributed by atoms with E-state index in [0.29, 0.717) is 0 Å². The van der Waals surface area contributed by atoms with Crippen LogP contribution in [-0.4, -0.2) is 43.0 Å². The third-order valence-corrected chi connectivity index (χ3v) is 2.81. The standard InChI is InChI=1S/C12H22N4OS/c1-4-7-17-8-5-6-14-11-9-10(13-2)15-12(16-11)18-3/h9H,4-8H2,1-3H3,(H2,13,14,15,16).